The maximum Gasteiger partial charge on any atom is 0.412 e. The van der Waals surface area contributed by atoms with E-state index in [4.69, 9.17) is 12.6 Å². The minimum atomic E-state index is -0.767. The van der Waals surface area contributed by atoms with Gasteiger partial charge in [0.2, 0.25) is 0 Å². The lowest BCUT2D eigenvalue weighted by Crippen LogP contribution is -2.27. The number of nitrogens with zero attached hydrogens (tertiary/aromatic N) is 1. The van der Waals surface area contributed by atoms with Crippen LogP contribution in [0.1, 0.15) is 20.8 Å². The molecule has 0 aliphatic carbocycles. The Morgan fingerprint density at radius 3 is 2.56 bits per heavy atom. The number of benzene rings is 1. The summed E-state index contributed by atoms with van der Waals surface area (Å²) in [4.78, 5) is 21.7. The third-order valence-corrected chi connectivity index (χ3v) is 1.85. The number of ether oxygens (including phenoxy) is 1. The summed E-state index contributed by atoms with van der Waals surface area (Å²) in [5.41, 5.74) is -0.602. The summed E-state index contributed by atoms with van der Waals surface area (Å²) < 4.78 is 5.00. The molecule has 0 bridgehead atoms. The van der Waals surface area contributed by atoms with E-state index in [-0.39, 0.29) is 11.4 Å². The highest BCUT2D eigenvalue weighted by Gasteiger charge is 2.20. The van der Waals surface area contributed by atoms with Gasteiger partial charge in [0.25, 0.3) is 5.69 Å². The molecule has 1 rings (SSSR count). The fourth-order valence-corrected chi connectivity index (χ4v) is 1.23. The van der Waals surface area contributed by atoms with E-state index in [0.717, 1.165) is 0 Å². The number of rotatable bonds is 2. The second kappa shape index (κ2) is 5.08. The molecule has 7 heteroatoms. The molecule has 0 saturated heterocycles. The first kappa shape index (κ1) is 14.0. The van der Waals surface area contributed by atoms with E-state index >= 15 is 0 Å². The second-order valence-electron chi connectivity index (χ2n) is 4.66. The third-order valence-electron chi connectivity index (χ3n) is 1.85. The topological polar surface area (TPSA) is 81.5 Å². The molecule has 1 amide bonds. The van der Waals surface area contributed by atoms with Gasteiger partial charge in [-0.3, -0.25) is 15.4 Å². The Morgan fingerprint density at radius 2 is 2.06 bits per heavy atom. The average Bonchev–Trinajstić information content (AvgIpc) is 2.13. The number of amides is 1. The highest BCUT2D eigenvalue weighted by Crippen LogP contribution is 2.22. The number of carbonyl (C=O) groups excluding carboxylic acids is 1. The predicted molar refractivity (Wildman–Crippen MR) is 68.3 cm³/mol. The molecular weight excluding hydrogens is 235 g/mol. The van der Waals surface area contributed by atoms with Crippen molar-refractivity contribution in [1.82, 2.24) is 0 Å². The number of anilines is 1. The summed E-state index contributed by atoms with van der Waals surface area (Å²) in [6.45, 7) is 5.08. The maximum atomic E-state index is 11.5. The van der Waals surface area contributed by atoms with Crippen LogP contribution in [-0.2, 0) is 4.74 Å². The predicted octanol–water partition coefficient (Wildman–Crippen LogP) is 1.74. The van der Waals surface area contributed by atoms with Crippen molar-refractivity contribution < 1.29 is 14.5 Å². The zero-order valence-electron chi connectivity index (χ0n) is 10.4. The monoisotopic (exact) mass is 248 g/mol. The molecule has 0 aliphatic heterocycles. The van der Waals surface area contributed by atoms with Crippen LogP contribution < -0.4 is 10.8 Å². The molecule has 0 heterocycles. The lowest BCUT2D eigenvalue weighted by molar-refractivity contribution is -0.383. The van der Waals surface area contributed by atoms with E-state index in [1.807, 2.05) is 0 Å². The van der Waals surface area contributed by atoms with Gasteiger partial charge < -0.3 is 4.74 Å². The number of nitrogens with one attached hydrogen (secondary N) is 1. The van der Waals surface area contributed by atoms with Gasteiger partial charge in [-0.2, -0.15) is 0 Å². The van der Waals surface area contributed by atoms with Gasteiger partial charge in [-0.05, 0) is 26.8 Å². The molecule has 18 heavy (non-hydrogen) atoms. The molecule has 0 aliphatic rings. The van der Waals surface area contributed by atoms with Gasteiger partial charge in [0.05, 0.1) is 4.92 Å². The number of hydrogen-bond acceptors (Lipinski definition) is 4. The van der Waals surface area contributed by atoms with Crippen LogP contribution in [0.15, 0.2) is 18.2 Å². The van der Waals surface area contributed by atoms with E-state index in [1.54, 1.807) is 20.8 Å². The summed E-state index contributed by atoms with van der Waals surface area (Å²) in [5.74, 6) is 0. The molecule has 1 aromatic carbocycles. The maximum absolute atomic E-state index is 11.5. The van der Waals surface area contributed by atoms with Gasteiger partial charge in [0, 0.05) is 6.07 Å². The highest BCUT2D eigenvalue weighted by molar-refractivity contribution is 6.32. The van der Waals surface area contributed by atoms with Gasteiger partial charge >= 0.3 is 6.09 Å². The SMILES string of the molecule is [B]c1ccc([N+](=O)[O-])c(NC(=O)OC(C)(C)C)c1. The Labute approximate surface area is 106 Å². The lowest BCUT2D eigenvalue weighted by Gasteiger charge is -2.19. The molecule has 0 atom stereocenters. The molecule has 0 saturated carbocycles. The highest BCUT2D eigenvalue weighted by atomic mass is 16.6. The first-order valence-corrected chi connectivity index (χ1v) is 5.23. The van der Waals surface area contributed by atoms with Crippen LogP contribution in [0.3, 0.4) is 0 Å². The standard InChI is InChI=1S/C11H13BN2O4/c1-11(2,3)18-10(15)13-8-6-7(12)4-5-9(8)14(16)17/h4-6H,1-3H3,(H,13,15). The Morgan fingerprint density at radius 1 is 1.44 bits per heavy atom. The van der Waals surface area contributed by atoms with Gasteiger partial charge in [-0.25, -0.2) is 4.79 Å². The zero-order chi connectivity index (χ0) is 13.9. The van der Waals surface area contributed by atoms with E-state index < -0.39 is 16.6 Å². The van der Waals surface area contributed by atoms with Gasteiger partial charge in [-0.1, -0.05) is 11.5 Å². The summed E-state index contributed by atoms with van der Waals surface area (Å²) in [7, 11) is 5.52. The van der Waals surface area contributed by atoms with E-state index in [1.165, 1.54) is 18.2 Å². The van der Waals surface area contributed by atoms with E-state index in [9.17, 15) is 14.9 Å². The molecular formula is C11H13BN2O4. The van der Waals surface area contributed by atoms with Crippen molar-refractivity contribution in [2.45, 2.75) is 26.4 Å². The molecule has 6 nitrogen and oxygen atoms in total. The van der Waals surface area contributed by atoms with Crippen LogP contribution in [0.25, 0.3) is 0 Å². The lowest BCUT2D eigenvalue weighted by atomic mass is 9.95. The third kappa shape index (κ3) is 4.08. The second-order valence-corrected chi connectivity index (χ2v) is 4.66. The normalized spacial score (nSPS) is 10.8. The van der Waals surface area contributed by atoms with E-state index in [2.05, 4.69) is 5.32 Å². The largest absolute Gasteiger partial charge is 0.444 e. The zero-order valence-corrected chi connectivity index (χ0v) is 10.4. The molecule has 2 radical (unpaired) electrons. The molecule has 0 unspecified atom stereocenters. The van der Waals surface area contributed by atoms with Crippen LogP contribution in [0.2, 0.25) is 0 Å². The Bertz CT molecular complexity index is 482. The molecule has 1 N–H and O–H groups in total. The van der Waals surface area contributed by atoms with Gasteiger partial charge in [0.1, 0.15) is 19.1 Å². The number of carbonyl (C=O) groups is 1. The van der Waals surface area contributed by atoms with Gasteiger partial charge in [0.15, 0.2) is 0 Å². The Balaban J connectivity index is 2.93. The summed E-state index contributed by atoms with van der Waals surface area (Å²) in [5, 5.41) is 13.1. The minimum Gasteiger partial charge on any atom is -0.444 e. The van der Waals surface area contributed by atoms with Crippen molar-refractivity contribution in [1.29, 1.82) is 0 Å². The number of nitro benzene ring substituents is 1. The van der Waals surface area contributed by atoms with Crippen LogP contribution in [0.5, 0.6) is 0 Å². The Hall–Kier alpha value is -2.05. The molecule has 94 valence electrons. The molecule has 0 aromatic heterocycles. The smallest absolute Gasteiger partial charge is 0.412 e. The quantitative estimate of drug-likeness (QED) is 0.491. The van der Waals surface area contributed by atoms with Crippen LogP contribution >= 0.6 is 0 Å². The first-order chi connectivity index (χ1) is 8.19. The van der Waals surface area contributed by atoms with Crippen molar-refractivity contribution >= 4 is 30.8 Å². The first-order valence-electron chi connectivity index (χ1n) is 5.23. The van der Waals surface area contributed by atoms with Crippen LogP contribution in [0.4, 0.5) is 16.2 Å². The van der Waals surface area contributed by atoms with Crippen LogP contribution in [0, 0.1) is 10.1 Å². The average molecular weight is 248 g/mol. The summed E-state index contributed by atoms with van der Waals surface area (Å²) >= 11 is 0. The summed E-state index contributed by atoms with van der Waals surface area (Å²) in [6.07, 6.45) is -0.767. The molecule has 0 spiro atoms. The van der Waals surface area contributed by atoms with Crippen molar-refractivity contribution in [2.75, 3.05) is 5.32 Å². The van der Waals surface area contributed by atoms with Crippen molar-refractivity contribution in [3.8, 4) is 0 Å². The fraction of sp³-hybridized carbons (Fsp3) is 0.364. The summed E-state index contributed by atoms with van der Waals surface area (Å²) in [6, 6.07) is 3.92. The minimum absolute atomic E-state index is 0.00856. The Kier molecular flexibility index (Phi) is 3.95. The number of hydrogen-bond donors (Lipinski definition) is 1. The van der Waals surface area contributed by atoms with Crippen molar-refractivity contribution in [2.24, 2.45) is 0 Å². The van der Waals surface area contributed by atoms with E-state index in [0.29, 0.717) is 5.46 Å². The van der Waals surface area contributed by atoms with Crippen molar-refractivity contribution in [3.05, 3.63) is 28.3 Å². The van der Waals surface area contributed by atoms with Crippen molar-refractivity contribution in [3.63, 3.8) is 0 Å². The molecule has 1 aromatic rings. The number of nitro groups is 1. The van der Waals surface area contributed by atoms with Gasteiger partial charge in [-0.15, -0.1) is 0 Å². The van der Waals surface area contributed by atoms with Crippen LogP contribution in [-0.4, -0.2) is 24.5 Å². The molecule has 0 fully saturated rings. The fourth-order valence-electron chi connectivity index (χ4n) is 1.23.